The van der Waals surface area contributed by atoms with Crippen molar-refractivity contribution in [2.75, 3.05) is 5.75 Å². The van der Waals surface area contributed by atoms with E-state index in [1.54, 1.807) is 13.0 Å². The molecule has 0 unspecified atom stereocenters. The van der Waals surface area contributed by atoms with E-state index in [0.29, 0.717) is 11.6 Å². The van der Waals surface area contributed by atoms with E-state index in [1.807, 2.05) is 0 Å². The largest absolute Gasteiger partial charge is 0.478 e. The van der Waals surface area contributed by atoms with Crippen LogP contribution in [0.3, 0.4) is 0 Å². The molecule has 0 fully saturated rings. The molecule has 0 saturated carbocycles. The third kappa shape index (κ3) is 5.39. The summed E-state index contributed by atoms with van der Waals surface area (Å²) in [6, 6.07) is 1.79. The van der Waals surface area contributed by atoms with E-state index in [9.17, 15) is 22.8 Å². The van der Waals surface area contributed by atoms with E-state index in [1.165, 1.54) is 12.1 Å². The average Bonchev–Trinajstić information content (AvgIpc) is 2.53. The molecule has 1 rings (SSSR count). The van der Waals surface area contributed by atoms with Crippen LogP contribution in [0, 0.1) is 11.3 Å². The van der Waals surface area contributed by atoms with Crippen LogP contribution in [0.25, 0.3) is 0 Å². The molecule has 132 valence electrons. The first-order valence-electron chi connectivity index (χ1n) is 6.74. The molecule has 25 heavy (non-hydrogen) atoms. The number of pyridine rings is 1. The highest BCUT2D eigenvalue weighted by Crippen LogP contribution is 2.34. The van der Waals surface area contributed by atoms with Crippen molar-refractivity contribution in [2.24, 2.45) is 0 Å². The number of nitrogens with zero attached hydrogens (tertiary/aromatic N) is 1. The molecular weight excluding hydrogens is 357 g/mol. The summed E-state index contributed by atoms with van der Waals surface area (Å²) in [5.41, 5.74) is -2.59. The smallest absolute Gasteiger partial charge is 0.417 e. The summed E-state index contributed by atoms with van der Waals surface area (Å²) in [6.07, 6.45) is -0.835. The molecule has 0 aromatic carbocycles. The van der Waals surface area contributed by atoms with E-state index in [-0.39, 0.29) is 16.4 Å². The maximum atomic E-state index is 13.0. The molecule has 0 radical (unpaired) electrons. The van der Waals surface area contributed by atoms with Gasteiger partial charge in [-0.2, -0.15) is 18.4 Å². The zero-order valence-corrected chi connectivity index (χ0v) is 13.8. The van der Waals surface area contributed by atoms with Crippen molar-refractivity contribution in [2.45, 2.75) is 18.1 Å². The van der Waals surface area contributed by atoms with Crippen molar-refractivity contribution in [1.82, 2.24) is 4.98 Å². The summed E-state index contributed by atoms with van der Waals surface area (Å²) in [6.45, 7) is 4.99. The van der Waals surface area contributed by atoms with Crippen molar-refractivity contribution >= 4 is 17.7 Å². The topological polar surface area (TPSA) is 94.0 Å². The lowest BCUT2D eigenvalue weighted by atomic mass is 10.1. The number of aliphatic carboxylic acids is 1. The lowest BCUT2D eigenvalue weighted by Crippen LogP contribution is -2.17. The highest BCUT2D eigenvalue weighted by Gasteiger charge is 2.35. The second-order valence-electron chi connectivity index (χ2n) is 4.62. The van der Waals surface area contributed by atoms with Crippen LogP contribution < -0.4 is 5.56 Å². The van der Waals surface area contributed by atoms with Crippen LogP contribution in [0.5, 0.6) is 0 Å². The van der Waals surface area contributed by atoms with Gasteiger partial charge in [0.1, 0.15) is 6.07 Å². The third-order valence-electron chi connectivity index (χ3n) is 2.99. The summed E-state index contributed by atoms with van der Waals surface area (Å²) in [5, 5.41) is 17.8. The summed E-state index contributed by atoms with van der Waals surface area (Å²) in [7, 11) is 0. The fourth-order valence-electron chi connectivity index (χ4n) is 1.75. The highest BCUT2D eigenvalue weighted by molar-refractivity contribution is 7.99. The minimum absolute atomic E-state index is 0.0487. The first-order chi connectivity index (χ1) is 11.6. The minimum atomic E-state index is -4.84. The summed E-state index contributed by atoms with van der Waals surface area (Å²) in [4.78, 5) is 24.6. The molecule has 0 aliphatic rings. The molecule has 0 amide bonds. The number of nitriles is 1. The predicted octanol–water partition coefficient (Wildman–Crippen LogP) is 3.50. The first kappa shape index (κ1) is 20.3. The van der Waals surface area contributed by atoms with Crippen molar-refractivity contribution in [3.05, 3.63) is 63.5 Å². The standard InChI is InChI=1S/C16H13F3N2O3S/c1-3-9(5-10(4-2)15(23)24)8-25-14-11(7-20)12(16(17,18)19)6-13(22)21-14/h3-6H,2,8H2,1H3,(H,21,22)(H,23,24)/b9-3+,10-5+. The Morgan fingerprint density at radius 3 is 2.60 bits per heavy atom. The number of halogens is 3. The predicted molar refractivity (Wildman–Crippen MR) is 87.2 cm³/mol. The molecule has 0 saturated heterocycles. The van der Waals surface area contributed by atoms with Crippen LogP contribution in [-0.2, 0) is 11.0 Å². The van der Waals surface area contributed by atoms with Crippen molar-refractivity contribution in [3.8, 4) is 6.07 Å². The van der Waals surface area contributed by atoms with Crippen LogP contribution >= 0.6 is 11.8 Å². The van der Waals surface area contributed by atoms with Gasteiger partial charge >= 0.3 is 12.1 Å². The van der Waals surface area contributed by atoms with Gasteiger partial charge in [0.15, 0.2) is 0 Å². The maximum absolute atomic E-state index is 13.0. The maximum Gasteiger partial charge on any atom is 0.417 e. The molecule has 5 nitrogen and oxygen atoms in total. The summed E-state index contributed by atoms with van der Waals surface area (Å²) >= 11 is 0.795. The van der Waals surface area contributed by atoms with Crippen LogP contribution in [0.4, 0.5) is 13.2 Å². The monoisotopic (exact) mass is 370 g/mol. The number of rotatable bonds is 6. The van der Waals surface area contributed by atoms with E-state index >= 15 is 0 Å². The quantitative estimate of drug-likeness (QED) is 0.454. The number of aromatic amines is 1. The number of allylic oxidation sites excluding steroid dienone is 2. The van der Waals surface area contributed by atoms with Crippen molar-refractivity contribution in [3.63, 3.8) is 0 Å². The number of carboxylic acid groups (broad SMARTS) is 1. The molecule has 0 aliphatic heterocycles. The van der Waals surface area contributed by atoms with Crippen LogP contribution in [0.2, 0.25) is 0 Å². The van der Waals surface area contributed by atoms with Crippen molar-refractivity contribution in [1.29, 1.82) is 5.26 Å². The third-order valence-corrected chi connectivity index (χ3v) is 4.06. The van der Waals surface area contributed by atoms with Gasteiger partial charge in [-0.3, -0.25) is 4.79 Å². The number of carbonyl (C=O) groups is 1. The number of hydrogen-bond acceptors (Lipinski definition) is 4. The molecule has 0 spiro atoms. The lowest BCUT2D eigenvalue weighted by Gasteiger charge is -2.11. The Morgan fingerprint density at radius 2 is 2.16 bits per heavy atom. The van der Waals surface area contributed by atoms with Gasteiger partial charge in [0.2, 0.25) is 5.56 Å². The molecule has 9 heteroatoms. The number of nitrogens with one attached hydrogen (secondary N) is 1. The Balaban J connectivity index is 3.22. The van der Waals surface area contributed by atoms with Crippen LogP contribution in [0.1, 0.15) is 18.1 Å². The minimum Gasteiger partial charge on any atom is -0.478 e. The Labute approximate surface area is 145 Å². The summed E-state index contributed by atoms with van der Waals surface area (Å²) in [5.74, 6) is -1.16. The van der Waals surface area contributed by atoms with E-state index in [0.717, 1.165) is 17.8 Å². The van der Waals surface area contributed by atoms with E-state index in [4.69, 9.17) is 10.4 Å². The fourth-order valence-corrected chi connectivity index (χ4v) is 2.78. The molecule has 2 N–H and O–H groups in total. The van der Waals surface area contributed by atoms with Gasteiger partial charge in [-0.15, -0.1) is 11.8 Å². The SMILES string of the molecule is C=C/C(=C\C(=C/C)CSc1[nH]c(=O)cc(C(F)(F)F)c1C#N)C(=O)O. The van der Waals surface area contributed by atoms with Gasteiger partial charge in [0, 0.05) is 11.8 Å². The molecule has 0 atom stereocenters. The number of H-pyrrole nitrogens is 1. The number of carboxylic acids is 1. The summed E-state index contributed by atoms with van der Waals surface area (Å²) < 4.78 is 38.9. The highest BCUT2D eigenvalue weighted by atomic mass is 32.2. The van der Waals surface area contributed by atoms with Crippen LogP contribution in [0.15, 0.2) is 51.8 Å². The zero-order chi connectivity index (χ0) is 19.2. The molecule has 0 bridgehead atoms. The fraction of sp³-hybridized carbons (Fsp3) is 0.188. The molecule has 0 aliphatic carbocycles. The molecule has 1 aromatic rings. The Morgan fingerprint density at radius 1 is 1.52 bits per heavy atom. The van der Waals surface area contributed by atoms with Crippen LogP contribution in [-0.4, -0.2) is 21.8 Å². The molecule has 1 heterocycles. The number of aromatic nitrogens is 1. The first-order valence-corrected chi connectivity index (χ1v) is 7.72. The Hall–Kier alpha value is -2.73. The average molecular weight is 370 g/mol. The Bertz CT molecular complexity index is 846. The molecule has 1 aromatic heterocycles. The lowest BCUT2D eigenvalue weighted by molar-refractivity contribution is -0.138. The van der Waals surface area contributed by atoms with E-state index < -0.39 is 28.8 Å². The van der Waals surface area contributed by atoms with Gasteiger partial charge in [0.25, 0.3) is 0 Å². The van der Waals surface area contributed by atoms with Gasteiger partial charge in [-0.25, -0.2) is 4.79 Å². The second kappa shape index (κ2) is 8.39. The van der Waals surface area contributed by atoms with Crippen molar-refractivity contribution < 1.29 is 23.1 Å². The second-order valence-corrected chi connectivity index (χ2v) is 5.61. The zero-order valence-electron chi connectivity index (χ0n) is 13.0. The van der Waals surface area contributed by atoms with Gasteiger partial charge in [0.05, 0.1) is 21.7 Å². The number of hydrogen-bond donors (Lipinski definition) is 2. The van der Waals surface area contributed by atoms with Gasteiger partial charge in [-0.1, -0.05) is 18.7 Å². The van der Waals surface area contributed by atoms with E-state index in [2.05, 4.69) is 11.6 Å². The molecular formula is C16H13F3N2O3S. The number of thioether (sulfide) groups is 1. The normalized spacial score (nSPS) is 12.6. The Kier molecular flexibility index (Phi) is 6.82. The van der Waals surface area contributed by atoms with Gasteiger partial charge < -0.3 is 10.1 Å². The number of alkyl halides is 3. The van der Waals surface area contributed by atoms with Gasteiger partial charge in [-0.05, 0) is 18.6 Å².